The molecule has 0 N–H and O–H groups in total. The highest BCUT2D eigenvalue weighted by Crippen LogP contribution is 2.28. The fourth-order valence-electron chi connectivity index (χ4n) is 2.31. The molecule has 16 heavy (non-hydrogen) atoms. The van der Waals surface area contributed by atoms with Gasteiger partial charge in [0.05, 0.1) is 0 Å². The molecule has 0 saturated carbocycles. The predicted octanol–water partition coefficient (Wildman–Crippen LogP) is 4.66. The van der Waals surface area contributed by atoms with Gasteiger partial charge in [-0.15, -0.1) is 0 Å². The third-order valence-electron chi connectivity index (χ3n) is 3.13. The zero-order valence-electron chi connectivity index (χ0n) is 9.40. The fraction of sp³-hybridized carbons (Fsp3) is 0.125. The minimum absolute atomic E-state index is 1.06. The van der Waals surface area contributed by atoms with Crippen molar-refractivity contribution in [1.82, 2.24) is 0 Å². The molecule has 0 bridgehead atoms. The molecule has 78 valence electrons. The standard InChI is InChI=1S/C16H14/c1-12-5-4-8-16-14(11-12)10-9-13-6-2-3-7-15(13)16/h2-4,6-11H,5H2,1H3. The molecule has 1 aliphatic rings. The maximum Gasteiger partial charge on any atom is -0.0106 e. The Labute approximate surface area is 95.9 Å². The Morgan fingerprint density at radius 1 is 1.00 bits per heavy atom. The summed E-state index contributed by atoms with van der Waals surface area (Å²) in [7, 11) is 0. The number of fused-ring (bicyclic) bond motifs is 3. The van der Waals surface area contributed by atoms with Crippen LogP contribution in [0.4, 0.5) is 0 Å². The van der Waals surface area contributed by atoms with Gasteiger partial charge in [0.25, 0.3) is 0 Å². The maximum atomic E-state index is 2.29. The Balaban J connectivity index is 2.39. The lowest BCUT2D eigenvalue weighted by Gasteiger charge is -2.06. The van der Waals surface area contributed by atoms with E-state index in [0.29, 0.717) is 0 Å². The van der Waals surface area contributed by atoms with E-state index < -0.39 is 0 Å². The maximum absolute atomic E-state index is 2.29. The molecule has 0 nitrogen and oxygen atoms in total. The highest BCUT2D eigenvalue weighted by molar-refractivity contribution is 5.94. The number of hydrogen-bond donors (Lipinski definition) is 0. The summed E-state index contributed by atoms with van der Waals surface area (Å²) in [4.78, 5) is 0. The second-order valence-electron chi connectivity index (χ2n) is 4.39. The third-order valence-corrected chi connectivity index (χ3v) is 3.13. The summed E-state index contributed by atoms with van der Waals surface area (Å²) in [6.07, 6.45) is 7.86. The van der Waals surface area contributed by atoms with Crippen LogP contribution in [0.2, 0.25) is 0 Å². The summed E-state index contributed by atoms with van der Waals surface area (Å²) in [6.45, 7) is 2.19. The predicted molar refractivity (Wildman–Crippen MR) is 71.3 cm³/mol. The quantitative estimate of drug-likeness (QED) is 0.588. The van der Waals surface area contributed by atoms with Crippen molar-refractivity contribution in [2.45, 2.75) is 13.3 Å². The van der Waals surface area contributed by atoms with Gasteiger partial charge in [0.1, 0.15) is 0 Å². The van der Waals surface area contributed by atoms with Crippen molar-refractivity contribution in [2.24, 2.45) is 0 Å². The minimum Gasteiger partial charge on any atom is -0.0798 e. The van der Waals surface area contributed by atoms with Crippen molar-refractivity contribution < 1.29 is 0 Å². The number of benzene rings is 2. The highest BCUT2D eigenvalue weighted by Gasteiger charge is 2.05. The molecular formula is C16H14. The van der Waals surface area contributed by atoms with Gasteiger partial charge in [-0.25, -0.2) is 0 Å². The molecule has 0 fully saturated rings. The number of allylic oxidation sites excluding steroid dienone is 2. The van der Waals surface area contributed by atoms with Gasteiger partial charge in [-0.05, 0) is 35.2 Å². The minimum atomic E-state index is 1.06. The van der Waals surface area contributed by atoms with Crippen LogP contribution in [-0.4, -0.2) is 0 Å². The molecule has 0 amide bonds. The van der Waals surface area contributed by atoms with E-state index in [2.05, 4.69) is 61.5 Å². The van der Waals surface area contributed by atoms with E-state index in [9.17, 15) is 0 Å². The molecule has 0 radical (unpaired) electrons. The largest absolute Gasteiger partial charge is 0.0798 e. The van der Waals surface area contributed by atoms with E-state index in [4.69, 9.17) is 0 Å². The molecule has 0 atom stereocenters. The number of rotatable bonds is 0. The van der Waals surface area contributed by atoms with Crippen LogP contribution in [0.15, 0.2) is 48.0 Å². The normalized spacial score (nSPS) is 14.4. The van der Waals surface area contributed by atoms with Gasteiger partial charge in [-0.3, -0.25) is 0 Å². The smallest absolute Gasteiger partial charge is 0.0106 e. The Morgan fingerprint density at radius 3 is 2.81 bits per heavy atom. The van der Waals surface area contributed by atoms with Gasteiger partial charge in [0, 0.05) is 0 Å². The fourth-order valence-corrected chi connectivity index (χ4v) is 2.31. The van der Waals surface area contributed by atoms with Crippen LogP contribution in [0.25, 0.3) is 22.9 Å². The van der Waals surface area contributed by atoms with Gasteiger partial charge in [0.2, 0.25) is 0 Å². The van der Waals surface area contributed by atoms with Crippen LogP contribution >= 0.6 is 0 Å². The van der Waals surface area contributed by atoms with Crippen LogP contribution in [0, 0.1) is 0 Å². The van der Waals surface area contributed by atoms with Crippen molar-refractivity contribution >= 4 is 22.9 Å². The summed E-state index contributed by atoms with van der Waals surface area (Å²) in [5.74, 6) is 0. The van der Waals surface area contributed by atoms with Gasteiger partial charge in [-0.1, -0.05) is 60.2 Å². The second kappa shape index (κ2) is 3.64. The van der Waals surface area contributed by atoms with Crippen LogP contribution < -0.4 is 0 Å². The summed E-state index contributed by atoms with van der Waals surface area (Å²) in [5, 5.41) is 2.67. The van der Waals surface area contributed by atoms with Gasteiger partial charge in [0.15, 0.2) is 0 Å². The first kappa shape index (κ1) is 9.41. The molecule has 0 spiro atoms. The van der Waals surface area contributed by atoms with Crippen molar-refractivity contribution in [3.8, 4) is 0 Å². The number of hydrogen-bond acceptors (Lipinski definition) is 0. The molecule has 2 aromatic rings. The first-order chi connectivity index (χ1) is 7.84. The summed E-state index contributed by atoms with van der Waals surface area (Å²) in [5.41, 5.74) is 4.12. The zero-order valence-corrected chi connectivity index (χ0v) is 9.40. The van der Waals surface area contributed by atoms with Crippen LogP contribution in [0.5, 0.6) is 0 Å². The lowest BCUT2D eigenvalue weighted by atomic mass is 9.98. The molecule has 2 aromatic carbocycles. The first-order valence-corrected chi connectivity index (χ1v) is 5.70. The SMILES string of the molecule is CC1=Cc2ccc3ccccc3c2C=CC1. The molecule has 3 rings (SSSR count). The topological polar surface area (TPSA) is 0 Å². The molecule has 0 aliphatic heterocycles. The summed E-state index contributed by atoms with van der Waals surface area (Å²) in [6, 6.07) is 13.0. The second-order valence-corrected chi connectivity index (χ2v) is 4.39. The Bertz CT molecular complexity index is 600. The molecule has 0 unspecified atom stereocenters. The molecule has 0 heteroatoms. The average Bonchev–Trinajstić information content (AvgIpc) is 2.50. The van der Waals surface area contributed by atoms with E-state index in [0.717, 1.165) is 6.42 Å². The first-order valence-electron chi connectivity index (χ1n) is 5.70. The molecule has 0 heterocycles. The molecule has 1 aliphatic carbocycles. The lowest BCUT2D eigenvalue weighted by Crippen LogP contribution is -1.83. The average molecular weight is 206 g/mol. The summed E-state index contributed by atoms with van der Waals surface area (Å²) >= 11 is 0. The van der Waals surface area contributed by atoms with E-state index in [1.165, 1.54) is 27.5 Å². The third kappa shape index (κ3) is 1.47. The van der Waals surface area contributed by atoms with Crippen molar-refractivity contribution in [1.29, 1.82) is 0 Å². The van der Waals surface area contributed by atoms with Crippen molar-refractivity contribution in [3.63, 3.8) is 0 Å². The highest BCUT2D eigenvalue weighted by atomic mass is 14.1. The van der Waals surface area contributed by atoms with E-state index >= 15 is 0 Å². The van der Waals surface area contributed by atoms with E-state index in [1.54, 1.807) is 0 Å². The van der Waals surface area contributed by atoms with E-state index in [-0.39, 0.29) is 0 Å². The van der Waals surface area contributed by atoms with E-state index in [1.807, 2.05) is 0 Å². The van der Waals surface area contributed by atoms with Crippen LogP contribution in [0.1, 0.15) is 24.5 Å². The Kier molecular flexibility index (Phi) is 2.14. The molecule has 0 saturated heterocycles. The van der Waals surface area contributed by atoms with Crippen molar-refractivity contribution in [3.05, 3.63) is 59.2 Å². The van der Waals surface area contributed by atoms with Gasteiger partial charge < -0.3 is 0 Å². The van der Waals surface area contributed by atoms with Gasteiger partial charge in [-0.2, -0.15) is 0 Å². The van der Waals surface area contributed by atoms with Crippen molar-refractivity contribution in [2.75, 3.05) is 0 Å². The molecule has 0 aromatic heterocycles. The Hall–Kier alpha value is -1.82. The van der Waals surface area contributed by atoms with Gasteiger partial charge >= 0.3 is 0 Å². The monoisotopic (exact) mass is 206 g/mol. The summed E-state index contributed by atoms with van der Waals surface area (Å²) < 4.78 is 0. The van der Waals surface area contributed by atoms with Crippen LogP contribution in [-0.2, 0) is 0 Å². The molecular weight excluding hydrogens is 192 g/mol. The van der Waals surface area contributed by atoms with Crippen LogP contribution in [0.3, 0.4) is 0 Å². The lowest BCUT2D eigenvalue weighted by molar-refractivity contribution is 1.25. The zero-order chi connectivity index (χ0) is 11.0. The Morgan fingerprint density at radius 2 is 1.88 bits per heavy atom.